The SMILES string of the molecule is CC(N)c1nc(C(=O)Nc2ccc(Cl)cc2[N+](=O)[O-])cs1. The number of halogens is 1. The number of thiazole rings is 1. The number of hydrogen-bond acceptors (Lipinski definition) is 6. The van der Waals surface area contributed by atoms with Crippen LogP contribution in [0.15, 0.2) is 23.6 Å². The topological polar surface area (TPSA) is 111 Å². The molecule has 0 saturated carbocycles. The van der Waals surface area contributed by atoms with Crippen molar-refractivity contribution in [3.8, 4) is 0 Å². The van der Waals surface area contributed by atoms with Crippen LogP contribution in [-0.4, -0.2) is 15.8 Å². The van der Waals surface area contributed by atoms with E-state index in [1.165, 1.54) is 29.5 Å². The lowest BCUT2D eigenvalue weighted by atomic mass is 10.2. The van der Waals surface area contributed by atoms with Gasteiger partial charge in [-0.1, -0.05) is 11.6 Å². The van der Waals surface area contributed by atoms with Gasteiger partial charge in [0.15, 0.2) is 0 Å². The van der Waals surface area contributed by atoms with Gasteiger partial charge in [-0.2, -0.15) is 0 Å². The van der Waals surface area contributed by atoms with Gasteiger partial charge < -0.3 is 11.1 Å². The van der Waals surface area contributed by atoms with Crippen LogP contribution < -0.4 is 11.1 Å². The Morgan fingerprint density at radius 1 is 1.57 bits per heavy atom. The van der Waals surface area contributed by atoms with Gasteiger partial charge in [-0.15, -0.1) is 11.3 Å². The van der Waals surface area contributed by atoms with E-state index in [4.69, 9.17) is 17.3 Å². The van der Waals surface area contributed by atoms with E-state index < -0.39 is 10.8 Å². The predicted octanol–water partition coefficient (Wildman–Crippen LogP) is 2.98. The predicted molar refractivity (Wildman–Crippen MR) is 80.8 cm³/mol. The second kappa shape index (κ2) is 6.17. The molecule has 1 aromatic carbocycles. The summed E-state index contributed by atoms with van der Waals surface area (Å²) in [5, 5.41) is 15.8. The van der Waals surface area contributed by atoms with Gasteiger partial charge in [0.05, 0.1) is 11.0 Å². The summed E-state index contributed by atoms with van der Waals surface area (Å²) in [5.74, 6) is -0.538. The van der Waals surface area contributed by atoms with Gasteiger partial charge in [0.2, 0.25) is 0 Å². The normalized spacial score (nSPS) is 12.0. The van der Waals surface area contributed by atoms with Crippen molar-refractivity contribution in [3.63, 3.8) is 0 Å². The minimum Gasteiger partial charge on any atom is -0.322 e. The first kappa shape index (κ1) is 15.4. The van der Waals surface area contributed by atoms with Gasteiger partial charge in [-0.3, -0.25) is 14.9 Å². The lowest BCUT2D eigenvalue weighted by Crippen LogP contribution is -2.14. The number of nitro benzene ring substituents is 1. The van der Waals surface area contributed by atoms with Crippen LogP contribution in [0.2, 0.25) is 5.02 Å². The molecule has 0 radical (unpaired) electrons. The number of amides is 1. The van der Waals surface area contributed by atoms with Crippen molar-refractivity contribution in [1.29, 1.82) is 0 Å². The summed E-state index contributed by atoms with van der Waals surface area (Å²) in [6, 6.07) is 3.72. The molecule has 0 spiro atoms. The van der Waals surface area contributed by atoms with Crippen molar-refractivity contribution in [2.75, 3.05) is 5.32 Å². The number of rotatable bonds is 4. The number of nitrogens with two attached hydrogens (primary N) is 1. The highest BCUT2D eigenvalue weighted by Crippen LogP contribution is 2.28. The fourth-order valence-electron chi connectivity index (χ4n) is 1.55. The summed E-state index contributed by atoms with van der Waals surface area (Å²) in [4.78, 5) is 26.5. The van der Waals surface area contributed by atoms with Crippen LogP contribution in [0.4, 0.5) is 11.4 Å². The van der Waals surface area contributed by atoms with Gasteiger partial charge in [-0.25, -0.2) is 4.98 Å². The van der Waals surface area contributed by atoms with E-state index in [0.29, 0.717) is 5.01 Å². The smallest absolute Gasteiger partial charge is 0.294 e. The molecular formula is C12H11ClN4O3S. The molecule has 1 heterocycles. The second-order valence-electron chi connectivity index (χ2n) is 4.23. The average molecular weight is 327 g/mol. The molecule has 1 atom stereocenters. The van der Waals surface area contributed by atoms with Gasteiger partial charge in [-0.05, 0) is 19.1 Å². The Labute approximate surface area is 128 Å². The molecule has 0 bridgehead atoms. The first-order valence-electron chi connectivity index (χ1n) is 5.84. The summed E-state index contributed by atoms with van der Waals surface area (Å²) >= 11 is 6.97. The van der Waals surface area contributed by atoms with Crippen molar-refractivity contribution in [2.24, 2.45) is 5.73 Å². The molecule has 1 amide bonds. The highest BCUT2D eigenvalue weighted by Gasteiger charge is 2.19. The lowest BCUT2D eigenvalue weighted by Gasteiger charge is -2.04. The number of aromatic nitrogens is 1. The van der Waals surface area contributed by atoms with Gasteiger partial charge >= 0.3 is 0 Å². The van der Waals surface area contributed by atoms with E-state index in [1.807, 2.05) is 0 Å². The molecule has 110 valence electrons. The molecule has 3 N–H and O–H groups in total. The Balaban J connectivity index is 2.25. The highest BCUT2D eigenvalue weighted by atomic mass is 35.5. The summed E-state index contributed by atoms with van der Waals surface area (Å²) in [7, 11) is 0. The van der Waals surface area contributed by atoms with E-state index >= 15 is 0 Å². The third-order valence-electron chi connectivity index (χ3n) is 2.55. The van der Waals surface area contributed by atoms with E-state index in [9.17, 15) is 14.9 Å². The molecule has 9 heteroatoms. The largest absolute Gasteiger partial charge is 0.322 e. The van der Waals surface area contributed by atoms with Crippen LogP contribution >= 0.6 is 22.9 Å². The number of benzene rings is 1. The van der Waals surface area contributed by atoms with Crippen LogP contribution in [0.25, 0.3) is 0 Å². The van der Waals surface area contributed by atoms with E-state index in [2.05, 4.69) is 10.3 Å². The average Bonchev–Trinajstić information content (AvgIpc) is 2.90. The Hall–Kier alpha value is -2.03. The summed E-state index contributed by atoms with van der Waals surface area (Å²) in [5.41, 5.74) is 5.62. The molecule has 1 unspecified atom stereocenters. The van der Waals surface area contributed by atoms with Crippen LogP contribution in [0.3, 0.4) is 0 Å². The molecule has 0 aliphatic carbocycles. The second-order valence-corrected chi connectivity index (χ2v) is 5.56. The first-order chi connectivity index (χ1) is 9.88. The third-order valence-corrected chi connectivity index (χ3v) is 3.83. The molecule has 1 aromatic heterocycles. The molecule has 0 aliphatic heterocycles. The number of nitrogens with zero attached hydrogens (tertiary/aromatic N) is 2. The zero-order valence-corrected chi connectivity index (χ0v) is 12.4. The summed E-state index contributed by atoms with van der Waals surface area (Å²) in [6.45, 7) is 1.75. The Morgan fingerprint density at radius 2 is 2.29 bits per heavy atom. The van der Waals surface area contributed by atoms with Crippen LogP contribution in [0.1, 0.15) is 28.5 Å². The minimum atomic E-state index is -0.615. The van der Waals surface area contributed by atoms with Crippen LogP contribution in [0.5, 0.6) is 0 Å². The molecule has 0 aliphatic rings. The minimum absolute atomic E-state index is 0.0600. The van der Waals surface area contributed by atoms with Gasteiger partial charge in [0.1, 0.15) is 16.4 Å². The first-order valence-corrected chi connectivity index (χ1v) is 7.10. The maximum absolute atomic E-state index is 12.0. The number of nitrogens with one attached hydrogen (secondary N) is 1. The third kappa shape index (κ3) is 3.54. The molecule has 21 heavy (non-hydrogen) atoms. The number of hydrogen-bond donors (Lipinski definition) is 2. The Kier molecular flexibility index (Phi) is 4.51. The van der Waals surface area contributed by atoms with Gasteiger partial charge in [0.25, 0.3) is 11.6 Å². The molecule has 7 nitrogen and oxygen atoms in total. The summed E-state index contributed by atoms with van der Waals surface area (Å²) < 4.78 is 0. The zero-order valence-electron chi connectivity index (χ0n) is 10.9. The maximum atomic E-state index is 12.0. The summed E-state index contributed by atoms with van der Waals surface area (Å²) in [6.07, 6.45) is 0. The number of carbonyl (C=O) groups excluding carboxylic acids is 1. The fraction of sp³-hybridized carbons (Fsp3) is 0.167. The molecule has 2 rings (SSSR count). The van der Waals surface area contributed by atoms with Crippen molar-refractivity contribution in [2.45, 2.75) is 13.0 Å². The number of nitro groups is 1. The fourth-order valence-corrected chi connectivity index (χ4v) is 2.47. The van der Waals surface area contributed by atoms with Crippen molar-refractivity contribution < 1.29 is 9.72 Å². The highest BCUT2D eigenvalue weighted by molar-refractivity contribution is 7.09. The lowest BCUT2D eigenvalue weighted by molar-refractivity contribution is -0.383. The van der Waals surface area contributed by atoms with E-state index in [1.54, 1.807) is 12.3 Å². The molecule has 2 aromatic rings. The monoisotopic (exact) mass is 326 g/mol. The van der Waals surface area contributed by atoms with Crippen LogP contribution in [-0.2, 0) is 0 Å². The van der Waals surface area contributed by atoms with E-state index in [0.717, 1.165) is 0 Å². The quantitative estimate of drug-likeness (QED) is 0.662. The van der Waals surface area contributed by atoms with Crippen molar-refractivity contribution in [3.05, 3.63) is 49.4 Å². The standard InChI is InChI=1S/C12H11ClN4O3S/c1-6(14)12-16-9(5-21-12)11(18)15-8-3-2-7(13)4-10(8)17(19)20/h2-6H,14H2,1H3,(H,15,18). The number of carbonyl (C=O) groups is 1. The van der Waals surface area contributed by atoms with E-state index in [-0.39, 0.29) is 28.1 Å². The maximum Gasteiger partial charge on any atom is 0.294 e. The zero-order chi connectivity index (χ0) is 15.6. The van der Waals surface area contributed by atoms with Crippen LogP contribution in [0, 0.1) is 10.1 Å². The Morgan fingerprint density at radius 3 is 2.86 bits per heavy atom. The Bertz CT molecular complexity index is 702. The van der Waals surface area contributed by atoms with Crippen molar-refractivity contribution >= 4 is 40.2 Å². The number of anilines is 1. The molecule has 0 fully saturated rings. The van der Waals surface area contributed by atoms with Crippen molar-refractivity contribution in [1.82, 2.24) is 4.98 Å². The molecule has 0 saturated heterocycles. The van der Waals surface area contributed by atoms with Gasteiger partial charge in [0, 0.05) is 16.5 Å². The molecular weight excluding hydrogens is 316 g/mol.